The number of carbonyl (C=O) groups excluding carboxylic acids is 1. The van der Waals surface area contributed by atoms with Crippen LogP contribution in [0.4, 0.5) is 0 Å². The molecule has 0 radical (unpaired) electrons. The Morgan fingerprint density at radius 1 is 1.07 bits per heavy atom. The van der Waals surface area contributed by atoms with Gasteiger partial charge in [-0.2, -0.15) is 0 Å². The molecule has 5 heteroatoms. The van der Waals surface area contributed by atoms with Gasteiger partial charge in [0.2, 0.25) is 0 Å². The van der Waals surface area contributed by atoms with Gasteiger partial charge in [0.15, 0.2) is 5.78 Å². The van der Waals surface area contributed by atoms with Crippen molar-refractivity contribution >= 4 is 11.9 Å². The summed E-state index contributed by atoms with van der Waals surface area (Å²) >= 11 is 0. The molecule has 5 nitrogen and oxygen atoms in total. The Labute approximate surface area is 170 Å². The Morgan fingerprint density at radius 2 is 1.79 bits per heavy atom. The highest BCUT2D eigenvalue weighted by molar-refractivity contribution is 6.02. The number of hydrogen-bond acceptors (Lipinski definition) is 5. The summed E-state index contributed by atoms with van der Waals surface area (Å²) in [5.74, 6) is -0.341. The van der Waals surface area contributed by atoms with E-state index in [1.54, 1.807) is 0 Å². The highest BCUT2D eigenvalue weighted by atomic mass is 16.5. The minimum atomic E-state index is -0.577. The Hall–Kier alpha value is -3.21. The maximum absolute atomic E-state index is 12.6. The van der Waals surface area contributed by atoms with Crippen molar-refractivity contribution in [3.63, 3.8) is 0 Å². The Balaban J connectivity index is 2.08. The van der Waals surface area contributed by atoms with Crippen LogP contribution in [0.1, 0.15) is 67.3 Å². The van der Waals surface area contributed by atoms with Gasteiger partial charge in [-0.3, -0.25) is 4.79 Å². The van der Waals surface area contributed by atoms with Crippen molar-refractivity contribution in [2.24, 2.45) is 0 Å². The molecule has 1 atom stereocenters. The van der Waals surface area contributed by atoms with Gasteiger partial charge in [0.05, 0.1) is 6.42 Å². The molecule has 0 aliphatic carbocycles. The number of phenolic OH excluding ortho intramolecular Hbond substituents is 3. The number of carbonyl (C=O) groups is 1. The standard InChI is InChI=1S/C24H26O5/c1-13(2)5-6-15-8-16(9-17(24(15)28)7-14(3)4)21-12-20(27)23-19(26)10-18(25)11-22(23)29-21/h5,7-11,21,25-26,28H,6,12H2,1-4H3/t21-/m0/s1. The molecule has 1 heterocycles. The Kier molecular flexibility index (Phi) is 5.69. The number of phenols is 3. The van der Waals surface area contributed by atoms with Gasteiger partial charge in [-0.1, -0.05) is 23.3 Å². The number of rotatable bonds is 4. The minimum absolute atomic E-state index is 0.0620. The number of ketones is 1. The lowest BCUT2D eigenvalue weighted by Crippen LogP contribution is -2.20. The number of Topliss-reactive ketones (excluding diaryl/α,β-unsaturated/α-hetero) is 1. The molecule has 0 bridgehead atoms. The van der Waals surface area contributed by atoms with Crippen molar-refractivity contribution in [1.82, 2.24) is 0 Å². The lowest BCUT2D eigenvalue weighted by Gasteiger charge is -2.27. The Bertz CT molecular complexity index is 1020. The van der Waals surface area contributed by atoms with Crippen molar-refractivity contribution in [2.45, 2.75) is 46.6 Å². The van der Waals surface area contributed by atoms with Crippen LogP contribution >= 0.6 is 0 Å². The molecule has 1 aliphatic heterocycles. The second kappa shape index (κ2) is 8.03. The predicted molar refractivity (Wildman–Crippen MR) is 113 cm³/mol. The first-order valence-electron chi connectivity index (χ1n) is 9.55. The second-order valence-electron chi connectivity index (χ2n) is 7.90. The summed E-state index contributed by atoms with van der Waals surface area (Å²) < 4.78 is 5.97. The van der Waals surface area contributed by atoms with E-state index in [1.165, 1.54) is 6.07 Å². The van der Waals surface area contributed by atoms with E-state index in [0.717, 1.165) is 28.3 Å². The topological polar surface area (TPSA) is 87.0 Å². The highest BCUT2D eigenvalue weighted by Crippen LogP contribution is 2.42. The van der Waals surface area contributed by atoms with Crippen molar-refractivity contribution in [3.8, 4) is 23.0 Å². The van der Waals surface area contributed by atoms with E-state index in [-0.39, 0.29) is 40.8 Å². The quantitative estimate of drug-likeness (QED) is 0.601. The van der Waals surface area contributed by atoms with Crippen LogP contribution in [0.2, 0.25) is 0 Å². The van der Waals surface area contributed by atoms with E-state index < -0.39 is 6.10 Å². The van der Waals surface area contributed by atoms with Crippen molar-refractivity contribution in [3.05, 3.63) is 63.7 Å². The molecule has 3 N–H and O–H groups in total. The van der Waals surface area contributed by atoms with Crippen LogP contribution in [-0.2, 0) is 6.42 Å². The zero-order valence-electron chi connectivity index (χ0n) is 17.1. The summed E-state index contributed by atoms with van der Waals surface area (Å²) in [6.07, 6.45) is 3.97. The summed E-state index contributed by atoms with van der Waals surface area (Å²) in [6, 6.07) is 6.13. The maximum Gasteiger partial charge on any atom is 0.174 e. The third kappa shape index (κ3) is 4.45. The molecule has 0 saturated carbocycles. The van der Waals surface area contributed by atoms with E-state index in [1.807, 2.05) is 52.0 Å². The van der Waals surface area contributed by atoms with Crippen LogP contribution in [-0.4, -0.2) is 21.1 Å². The third-order valence-electron chi connectivity index (χ3n) is 4.77. The third-order valence-corrected chi connectivity index (χ3v) is 4.77. The molecule has 152 valence electrons. The van der Waals surface area contributed by atoms with E-state index in [0.29, 0.717) is 12.0 Å². The lowest BCUT2D eigenvalue weighted by atomic mass is 9.92. The molecule has 2 aromatic rings. The summed E-state index contributed by atoms with van der Waals surface area (Å²) in [5.41, 5.74) is 4.44. The molecule has 0 spiro atoms. The van der Waals surface area contributed by atoms with Crippen LogP contribution in [0.15, 0.2) is 41.5 Å². The van der Waals surface area contributed by atoms with Gasteiger partial charge in [-0.05, 0) is 57.4 Å². The molecule has 29 heavy (non-hydrogen) atoms. The molecular formula is C24H26O5. The number of benzene rings is 2. The van der Waals surface area contributed by atoms with Crippen molar-refractivity contribution in [1.29, 1.82) is 0 Å². The first-order chi connectivity index (χ1) is 13.7. The van der Waals surface area contributed by atoms with Gasteiger partial charge >= 0.3 is 0 Å². The van der Waals surface area contributed by atoms with Gasteiger partial charge in [0.1, 0.15) is 34.7 Å². The van der Waals surface area contributed by atoms with E-state index in [4.69, 9.17) is 4.74 Å². The fraction of sp³-hybridized carbons (Fsp3) is 0.292. The van der Waals surface area contributed by atoms with Crippen LogP contribution in [0.3, 0.4) is 0 Å². The molecule has 0 fully saturated rings. The van der Waals surface area contributed by atoms with Gasteiger partial charge in [0.25, 0.3) is 0 Å². The number of allylic oxidation sites excluding steroid dienone is 3. The summed E-state index contributed by atoms with van der Waals surface area (Å²) in [4.78, 5) is 12.6. The van der Waals surface area contributed by atoms with Gasteiger partial charge in [-0.15, -0.1) is 0 Å². The predicted octanol–water partition coefficient (Wildman–Crippen LogP) is 5.44. The van der Waals surface area contributed by atoms with Crippen molar-refractivity contribution < 1.29 is 24.9 Å². The maximum atomic E-state index is 12.6. The number of ether oxygens (including phenoxy) is 1. The Morgan fingerprint density at radius 3 is 2.45 bits per heavy atom. The molecule has 0 saturated heterocycles. The average Bonchev–Trinajstić information content (AvgIpc) is 2.60. The van der Waals surface area contributed by atoms with Gasteiger partial charge in [0, 0.05) is 17.7 Å². The van der Waals surface area contributed by atoms with Crippen LogP contribution in [0, 0.1) is 0 Å². The molecule has 1 aliphatic rings. The number of fused-ring (bicyclic) bond motifs is 1. The number of hydrogen-bond donors (Lipinski definition) is 3. The SMILES string of the molecule is CC(C)=CCc1cc([C@@H]2CC(=O)c3c(O)cc(O)cc3O2)cc(C=C(C)C)c1O. The fourth-order valence-corrected chi connectivity index (χ4v) is 3.43. The zero-order valence-corrected chi connectivity index (χ0v) is 17.1. The highest BCUT2D eigenvalue weighted by Gasteiger charge is 2.31. The zero-order chi connectivity index (χ0) is 21.3. The van der Waals surface area contributed by atoms with E-state index >= 15 is 0 Å². The molecule has 2 aromatic carbocycles. The molecule has 0 unspecified atom stereocenters. The first-order valence-corrected chi connectivity index (χ1v) is 9.55. The molecule has 0 aromatic heterocycles. The molecular weight excluding hydrogens is 368 g/mol. The summed E-state index contributed by atoms with van der Waals surface area (Å²) in [7, 11) is 0. The first kappa shape index (κ1) is 20.5. The van der Waals surface area contributed by atoms with Gasteiger partial charge < -0.3 is 20.1 Å². The second-order valence-corrected chi connectivity index (χ2v) is 7.90. The van der Waals surface area contributed by atoms with E-state index in [9.17, 15) is 20.1 Å². The smallest absolute Gasteiger partial charge is 0.174 e. The van der Waals surface area contributed by atoms with Crippen molar-refractivity contribution in [2.75, 3.05) is 0 Å². The lowest BCUT2D eigenvalue weighted by molar-refractivity contribution is 0.0844. The van der Waals surface area contributed by atoms with Crippen LogP contribution in [0.25, 0.3) is 6.08 Å². The normalized spacial score (nSPS) is 15.3. The fourth-order valence-electron chi connectivity index (χ4n) is 3.43. The summed E-state index contributed by atoms with van der Waals surface area (Å²) in [6.45, 7) is 7.89. The number of aromatic hydroxyl groups is 3. The molecule has 0 amide bonds. The average molecular weight is 394 g/mol. The molecule has 3 rings (SSSR count). The van der Waals surface area contributed by atoms with Gasteiger partial charge in [-0.25, -0.2) is 0 Å². The van der Waals surface area contributed by atoms with Crippen LogP contribution in [0.5, 0.6) is 23.0 Å². The largest absolute Gasteiger partial charge is 0.508 e. The monoisotopic (exact) mass is 394 g/mol. The minimum Gasteiger partial charge on any atom is -0.508 e. The van der Waals surface area contributed by atoms with E-state index in [2.05, 4.69) is 0 Å². The summed E-state index contributed by atoms with van der Waals surface area (Å²) in [5, 5.41) is 30.5. The van der Waals surface area contributed by atoms with Crippen LogP contribution < -0.4 is 4.74 Å².